The number of unbranched alkanes of at least 4 members (excludes halogenated alkanes) is 11. The summed E-state index contributed by atoms with van der Waals surface area (Å²) in [5.74, 6) is -0.127. The van der Waals surface area contributed by atoms with Crippen molar-refractivity contribution in [3.63, 3.8) is 0 Å². The molecule has 0 saturated carbocycles. The Kier molecular flexibility index (Phi) is 22.2. The summed E-state index contributed by atoms with van der Waals surface area (Å²) in [5, 5.41) is 8.08. The molecule has 3 unspecified atom stereocenters. The summed E-state index contributed by atoms with van der Waals surface area (Å²) >= 11 is 1.95. The van der Waals surface area contributed by atoms with Gasteiger partial charge in [0.25, 0.3) is 5.34 Å². The summed E-state index contributed by atoms with van der Waals surface area (Å²) < 4.78 is 23.1. The lowest BCUT2D eigenvalue weighted by Crippen LogP contribution is -2.43. The molecule has 0 aliphatic carbocycles. The van der Waals surface area contributed by atoms with Gasteiger partial charge in [-0.15, -0.1) is 0 Å². The molecule has 0 aliphatic rings. The predicted octanol–water partition coefficient (Wildman–Crippen LogP) is 8.49. The Morgan fingerprint density at radius 3 is 1.94 bits per heavy atom. The van der Waals surface area contributed by atoms with Crippen LogP contribution in [0.5, 0.6) is 0 Å². The lowest BCUT2D eigenvalue weighted by Gasteiger charge is -2.28. The molecule has 0 radical (unpaired) electrons. The lowest BCUT2D eigenvalue weighted by molar-refractivity contribution is -0.162. The zero-order valence-electron chi connectivity index (χ0n) is 21.8. The van der Waals surface area contributed by atoms with Gasteiger partial charge >= 0.3 is 5.97 Å². The Balaban J connectivity index is 4.41. The van der Waals surface area contributed by atoms with Gasteiger partial charge in [0.2, 0.25) is 8.46 Å². The van der Waals surface area contributed by atoms with Crippen LogP contribution in [0.15, 0.2) is 0 Å². The van der Waals surface area contributed by atoms with Gasteiger partial charge in [-0.2, -0.15) is 11.8 Å². The molecule has 0 saturated heterocycles. The van der Waals surface area contributed by atoms with Crippen molar-refractivity contribution in [1.82, 2.24) is 0 Å². The van der Waals surface area contributed by atoms with E-state index >= 15 is 0 Å². The number of carboxylic acid groups (broad SMARTS) is 1. The van der Waals surface area contributed by atoms with Crippen molar-refractivity contribution < 1.29 is 23.9 Å². The molecule has 0 aromatic rings. The van der Waals surface area contributed by atoms with Crippen molar-refractivity contribution >= 4 is 26.2 Å². The van der Waals surface area contributed by atoms with Crippen LogP contribution in [0.4, 0.5) is 0 Å². The minimum absolute atomic E-state index is 0.110. The van der Waals surface area contributed by atoms with Crippen LogP contribution in [0.3, 0.4) is 0 Å². The van der Waals surface area contributed by atoms with Crippen LogP contribution >= 0.6 is 20.2 Å². The maximum atomic E-state index is 11.7. The molecule has 0 rings (SSSR count). The third-order valence-electron chi connectivity index (χ3n) is 6.01. The highest BCUT2D eigenvalue weighted by Crippen LogP contribution is 2.30. The van der Waals surface area contributed by atoms with Crippen molar-refractivity contribution in [2.45, 2.75) is 141 Å². The van der Waals surface area contributed by atoms with Gasteiger partial charge in [0, 0.05) is 11.9 Å². The zero-order chi connectivity index (χ0) is 24.8. The Bertz CT molecular complexity index is 480. The molecule has 0 aliphatic heterocycles. The molecule has 0 aromatic carbocycles. The normalized spacial score (nSPS) is 15.4. The quantitative estimate of drug-likeness (QED) is 0.0988. The van der Waals surface area contributed by atoms with E-state index in [0.29, 0.717) is 11.7 Å². The van der Waals surface area contributed by atoms with Gasteiger partial charge in [-0.3, -0.25) is 4.57 Å². The minimum atomic E-state index is -1.81. The molecule has 0 bridgehead atoms. The molecule has 0 spiro atoms. The van der Waals surface area contributed by atoms with Gasteiger partial charge in [0.1, 0.15) is 0 Å². The molecule has 5 nitrogen and oxygen atoms in total. The summed E-state index contributed by atoms with van der Waals surface area (Å²) in [6, 6.07) is 0. The van der Waals surface area contributed by atoms with E-state index in [-0.39, 0.29) is 19.3 Å². The third kappa shape index (κ3) is 16.2. The number of rotatable bonds is 25. The number of hydrogen-bond acceptors (Lipinski definition) is 5. The second-order valence-corrected chi connectivity index (χ2v) is 11.4. The number of ether oxygens (including phenoxy) is 2. The number of thioether (sulfide) groups is 1. The van der Waals surface area contributed by atoms with Gasteiger partial charge in [-0.1, -0.05) is 97.8 Å². The van der Waals surface area contributed by atoms with Crippen LogP contribution < -0.4 is 0 Å². The molecular formula is C26H51O5PS. The highest BCUT2D eigenvalue weighted by Gasteiger charge is 2.42. The first-order chi connectivity index (χ1) is 16.0. The van der Waals surface area contributed by atoms with Crippen LogP contribution in [0.1, 0.15) is 124 Å². The van der Waals surface area contributed by atoms with Gasteiger partial charge in [0.05, 0.1) is 12.7 Å². The summed E-state index contributed by atoms with van der Waals surface area (Å²) in [4.78, 5) is 11.7. The lowest BCUT2D eigenvalue weighted by atomic mass is 10.1. The van der Waals surface area contributed by atoms with Gasteiger partial charge in [-0.25, -0.2) is 4.79 Å². The zero-order valence-corrected chi connectivity index (χ0v) is 23.5. The smallest absolute Gasteiger partial charge is 0.350 e. The van der Waals surface area contributed by atoms with Crippen LogP contribution in [0, 0.1) is 0 Å². The molecule has 33 heavy (non-hydrogen) atoms. The standard InChI is InChI=1S/C26H51O5PS/c1-5-8-10-11-12-13-14-15-16-18-21-33-24(19-17-9-6-2)23(4)30-22-26(32-29,25(27)28)31-20-7-3/h23-24H,5-22H2,1-4H3,(H,27,28). The Morgan fingerprint density at radius 1 is 0.879 bits per heavy atom. The second kappa shape index (κ2) is 22.3. The highest BCUT2D eigenvalue weighted by molar-refractivity contribution is 7.99. The Hall–Kier alpha value is -0.160. The molecular weight excluding hydrogens is 455 g/mol. The topological polar surface area (TPSA) is 72.8 Å². The fourth-order valence-corrected chi connectivity index (χ4v) is 5.46. The first-order valence-electron chi connectivity index (χ1n) is 13.4. The van der Waals surface area contributed by atoms with Crippen molar-refractivity contribution in [3.05, 3.63) is 0 Å². The first-order valence-corrected chi connectivity index (χ1v) is 15.3. The Labute approximate surface area is 209 Å². The molecule has 196 valence electrons. The molecule has 0 aromatic heterocycles. The van der Waals surface area contributed by atoms with Crippen molar-refractivity contribution in [3.8, 4) is 0 Å². The van der Waals surface area contributed by atoms with Gasteiger partial charge < -0.3 is 14.6 Å². The number of hydrogen-bond donors (Lipinski definition) is 1. The summed E-state index contributed by atoms with van der Waals surface area (Å²) in [7, 11) is -0.564. The number of aliphatic carboxylic acids is 1. The predicted molar refractivity (Wildman–Crippen MR) is 142 cm³/mol. The molecule has 0 amide bonds. The van der Waals surface area contributed by atoms with E-state index in [1.807, 2.05) is 25.6 Å². The van der Waals surface area contributed by atoms with Crippen LogP contribution in [0.25, 0.3) is 0 Å². The SMILES string of the molecule is CCCCCCCCCCCCSC(CCCCC)C(C)OCC(OCCC)(P=O)C(=O)O. The van der Waals surface area contributed by atoms with E-state index in [9.17, 15) is 14.5 Å². The molecule has 7 heteroatoms. The third-order valence-corrected chi connectivity index (χ3v) is 8.33. The average molecular weight is 507 g/mol. The monoisotopic (exact) mass is 506 g/mol. The minimum Gasteiger partial charge on any atom is -0.478 e. The fraction of sp³-hybridized carbons (Fsp3) is 0.962. The molecule has 3 atom stereocenters. The first kappa shape index (κ1) is 32.8. The molecule has 0 fully saturated rings. The molecule has 1 N–H and O–H groups in total. The summed E-state index contributed by atoms with van der Waals surface area (Å²) in [5.41, 5.74) is 0. The van der Waals surface area contributed by atoms with Crippen LogP contribution in [0.2, 0.25) is 0 Å². The van der Waals surface area contributed by atoms with E-state index < -0.39 is 19.8 Å². The largest absolute Gasteiger partial charge is 0.478 e. The maximum Gasteiger partial charge on any atom is 0.350 e. The van der Waals surface area contributed by atoms with Crippen molar-refractivity contribution in [1.29, 1.82) is 0 Å². The van der Waals surface area contributed by atoms with E-state index in [4.69, 9.17) is 9.47 Å². The van der Waals surface area contributed by atoms with Crippen LogP contribution in [-0.2, 0) is 18.8 Å². The summed E-state index contributed by atoms with van der Waals surface area (Å²) in [6.07, 6.45) is 18.5. The number of carboxylic acids is 1. The van der Waals surface area contributed by atoms with E-state index in [1.54, 1.807) is 0 Å². The number of carbonyl (C=O) groups is 1. The van der Waals surface area contributed by atoms with E-state index in [1.165, 1.54) is 77.0 Å². The second-order valence-electron chi connectivity index (χ2n) is 9.13. The average Bonchev–Trinajstić information content (AvgIpc) is 2.81. The van der Waals surface area contributed by atoms with Crippen molar-refractivity contribution in [2.24, 2.45) is 0 Å². The maximum absolute atomic E-state index is 11.7. The van der Waals surface area contributed by atoms with E-state index in [2.05, 4.69) is 13.8 Å². The van der Waals surface area contributed by atoms with Gasteiger partial charge in [0.15, 0.2) is 0 Å². The van der Waals surface area contributed by atoms with E-state index in [0.717, 1.165) is 18.6 Å². The van der Waals surface area contributed by atoms with Crippen molar-refractivity contribution in [2.75, 3.05) is 19.0 Å². The van der Waals surface area contributed by atoms with Gasteiger partial charge in [-0.05, 0) is 31.9 Å². The summed E-state index contributed by atoms with van der Waals surface area (Å²) in [6.45, 7) is 8.41. The fourth-order valence-electron chi connectivity index (χ4n) is 3.75. The highest BCUT2D eigenvalue weighted by atomic mass is 32.2. The van der Waals surface area contributed by atoms with Crippen LogP contribution in [-0.4, -0.2) is 46.7 Å². The molecule has 0 heterocycles. The Morgan fingerprint density at radius 2 is 1.42 bits per heavy atom.